The first-order valence-corrected chi connectivity index (χ1v) is 6.87. The van der Waals surface area contributed by atoms with E-state index in [9.17, 15) is 14.0 Å². The highest BCUT2D eigenvalue weighted by Crippen LogP contribution is 2.17. The lowest BCUT2D eigenvalue weighted by molar-refractivity contribution is -0.125. The predicted octanol–water partition coefficient (Wildman–Crippen LogP) is 2.43. The van der Waals surface area contributed by atoms with Gasteiger partial charge in [-0.2, -0.15) is 0 Å². The van der Waals surface area contributed by atoms with Gasteiger partial charge in [-0.3, -0.25) is 4.79 Å². The van der Waals surface area contributed by atoms with Crippen LogP contribution in [0, 0.1) is 5.82 Å². The first-order chi connectivity index (χ1) is 9.65. The second-order valence-corrected chi connectivity index (χ2v) is 4.99. The van der Waals surface area contributed by atoms with E-state index in [0.717, 1.165) is 31.7 Å². The van der Waals surface area contributed by atoms with Crippen LogP contribution in [-0.2, 0) is 9.53 Å². The second kappa shape index (κ2) is 7.03. The third kappa shape index (κ3) is 4.33. The fraction of sp³-hybridized carbons (Fsp3) is 0.467. The van der Waals surface area contributed by atoms with Gasteiger partial charge >= 0.3 is 5.97 Å². The van der Waals surface area contributed by atoms with Crippen LogP contribution in [0.2, 0.25) is 0 Å². The van der Waals surface area contributed by atoms with Gasteiger partial charge in [0.15, 0.2) is 6.61 Å². The van der Waals surface area contributed by atoms with Gasteiger partial charge in [-0.25, -0.2) is 9.18 Å². The smallest absolute Gasteiger partial charge is 0.338 e. The summed E-state index contributed by atoms with van der Waals surface area (Å²) in [5.41, 5.74) is 0.107. The molecule has 0 aromatic heterocycles. The molecule has 2 rings (SSSR count). The van der Waals surface area contributed by atoms with Crippen LogP contribution >= 0.6 is 0 Å². The van der Waals surface area contributed by atoms with Gasteiger partial charge in [0.05, 0.1) is 5.56 Å². The van der Waals surface area contributed by atoms with E-state index in [1.54, 1.807) is 0 Å². The zero-order valence-electron chi connectivity index (χ0n) is 11.2. The third-order valence-electron chi connectivity index (χ3n) is 3.36. The molecule has 108 valence electrons. The van der Waals surface area contributed by atoms with Crippen LogP contribution in [0.5, 0.6) is 0 Å². The van der Waals surface area contributed by atoms with Gasteiger partial charge in [0, 0.05) is 6.04 Å². The maximum Gasteiger partial charge on any atom is 0.338 e. The number of nitrogens with one attached hydrogen (secondary N) is 1. The fourth-order valence-electron chi connectivity index (χ4n) is 2.35. The van der Waals surface area contributed by atoms with E-state index in [0.29, 0.717) is 0 Å². The zero-order valence-corrected chi connectivity index (χ0v) is 11.2. The normalized spacial score (nSPS) is 15.7. The molecule has 1 aromatic carbocycles. The maximum absolute atomic E-state index is 12.9. The average molecular weight is 279 g/mol. The first kappa shape index (κ1) is 14.5. The largest absolute Gasteiger partial charge is 0.452 e. The Morgan fingerprint density at radius 3 is 2.70 bits per heavy atom. The summed E-state index contributed by atoms with van der Waals surface area (Å²) in [5, 5.41) is 2.85. The molecule has 4 nitrogen and oxygen atoms in total. The summed E-state index contributed by atoms with van der Waals surface area (Å²) in [7, 11) is 0. The molecule has 5 heteroatoms. The number of rotatable bonds is 4. The predicted molar refractivity (Wildman–Crippen MR) is 71.7 cm³/mol. The number of hydrogen-bond acceptors (Lipinski definition) is 3. The minimum atomic E-state index is -0.691. The third-order valence-corrected chi connectivity index (χ3v) is 3.36. The number of carbonyl (C=O) groups is 2. The van der Waals surface area contributed by atoms with E-state index in [-0.39, 0.29) is 24.1 Å². The molecule has 20 heavy (non-hydrogen) atoms. The van der Waals surface area contributed by atoms with E-state index in [1.165, 1.54) is 24.6 Å². The molecule has 0 aliphatic heterocycles. The molecule has 0 radical (unpaired) electrons. The van der Waals surface area contributed by atoms with Crippen LogP contribution in [-0.4, -0.2) is 24.5 Å². The Labute approximate surface area is 117 Å². The number of benzene rings is 1. The SMILES string of the molecule is O=C(COC(=O)c1cccc(F)c1)NC1CCCCC1. The molecule has 1 aliphatic carbocycles. The topological polar surface area (TPSA) is 55.4 Å². The van der Waals surface area contributed by atoms with Gasteiger partial charge in [-0.15, -0.1) is 0 Å². The lowest BCUT2D eigenvalue weighted by Gasteiger charge is -2.22. The standard InChI is InChI=1S/C15H18FNO3/c16-12-6-4-5-11(9-12)15(19)20-10-14(18)17-13-7-2-1-3-8-13/h4-6,9,13H,1-3,7-8,10H2,(H,17,18). The molecular weight excluding hydrogens is 261 g/mol. The minimum Gasteiger partial charge on any atom is -0.452 e. The first-order valence-electron chi connectivity index (χ1n) is 6.87. The fourth-order valence-corrected chi connectivity index (χ4v) is 2.35. The maximum atomic E-state index is 12.9. The van der Waals surface area contributed by atoms with Gasteiger partial charge < -0.3 is 10.1 Å². The Bertz CT molecular complexity index is 484. The molecule has 0 spiro atoms. The van der Waals surface area contributed by atoms with Crippen molar-refractivity contribution in [2.45, 2.75) is 38.1 Å². The number of hydrogen-bond donors (Lipinski definition) is 1. The van der Waals surface area contributed by atoms with Crippen molar-refractivity contribution in [1.29, 1.82) is 0 Å². The lowest BCUT2D eigenvalue weighted by Crippen LogP contribution is -2.38. The van der Waals surface area contributed by atoms with Crippen LogP contribution in [0.25, 0.3) is 0 Å². The summed E-state index contributed by atoms with van der Waals surface area (Å²) < 4.78 is 17.8. The zero-order chi connectivity index (χ0) is 14.4. The van der Waals surface area contributed by atoms with Gasteiger partial charge in [0.2, 0.25) is 0 Å². The van der Waals surface area contributed by atoms with Crippen molar-refractivity contribution in [3.05, 3.63) is 35.6 Å². The average Bonchev–Trinajstić information content (AvgIpc) is 2.46. The van der Waals surface area contributed by atoms with Crippen LogP contribution in [0.15, 0.2) is 24.3 Å². The molecule has 0 saturated heterocycles. The summed E-state index contributed by atoms with van der Waals surface area (Å²) in [6, 6.07) is 5.39. The Kier molecular flexibility index (Phi) is 5.09. The monoisotopic (exact) mass is 279 g/mol. The van der Waals surface area contributed by atoms with Crippen molar-refractivity contribution in [2.75, 3.05) is 6.61 Å². The molecule has 0 atom stereocenters. The highest BCUT2D eigenvalue weighted by molar-refractivity contribution is 5.91. The molecule has 1 amide bonds. The van der Waals surface area contributed by atoms with Gasteiger partial charge in [0.1, 0.15) is 5.82 Å². The van der Waals surface area contributed by atoms with Crippen LogP contribution in [0.3, 0.4) is 0 Å². The number of esters is 1. The van der Waals surface area contributed by atoms with Crippen molar-refractivity contribution < 1.29 is 18.7 Å². The van der Waals surface area contributed by atoms with Gasteiger partial charge in [0.25, 0.3) is 5.91 Å². The Hall–Kier alpha value is -1.91. The Morgan fingerprint density at radius 1 is 1.25 bits per heavy atom. The number of amides is 1. The summed E-state index contributed by atoms with van der Waals surface area (Å²) in [4.78, 5) is 23.3. The van der Waals surface area contributed by atoms with Crippen molar-refractivity contribution >= 4 is 11.9 Å². The molecule has 1 fully saturated rings. The number of halogens is 1. The number of ether oxygens (including phenoxy) is 1. The molecule has 1 N–H and O–H groups in total. The molecular formula is C15H18FNO3. The summed E-state index contributed by atoms with van der Waals surface area (Å²) in [6.07, 6.45) is 5.40. The van der Waals surface area contributed by atoms with E-state index >= 15 is 0 Å². The molecule has 1 aliphatic rings. The number of carbonyl (C=O) groups excluding carboxylic acids is 2. The van der Waals surface area contributed by atoms with Gasteiger partial charge in [-0.1, -0.05) is 25.3 Å². The van der Waals surface area contributed by atoms with Crippen molar-refractivity contribution in [1.82, 2.24) is 5.32 Å². The summed E-state index contributed by atoms with van der Waals surface area (Å²) in [6.45, 7) is -0.328. The molecule has 0 unspecified atom stereocenters. The van der Waals surface area contributed by atoms with E-state index in [1.807, 2.05) is 0 Å². The molecule has 1 saturated carbocycles. The molecule has 1 aromatic rings. The van der Waals surface area contributed by atoms with Crippen molar-refractivity contribution in [2.24, 2.45) is 0 Å². The van der Waals surface area contributed by atoms with Crippen LogP contribution in [0.4, 0.5) is 4.39 Å². The van der Waals surface area contributed by atoms with Crippen LogP contribution in [0.1, 0.15) is 42.5 Å². The Balaban J connectivity index is 1.76. The van der Waals surface area contributed by atoms with E-state index in [2.05, 4.69) is 5.32 Å². The lowest BCUT2D eigenvalue weighted by atomic mass is 9.95. The minimum absolute atomic E-state index is 0.107. The van der Waals surface area contributed by atoms with Crippen molar-refractivity contribution in [3.63, 3.8) is 0 Å². The van der Waals surface area contributed by atoms with Crippen LogP contribution < -0.4 is 5.32 Å². The summed E-state index contributed by atoms with van der Waals surface area (Å²) in [5.74, 6) is -1.50. The second-order valence-electron chi connectivity index (χ2n) is 4.99. The highest BCUT2D eigenvalue weighted by Gasteiger charge is 2.17. The van der Waals surface area contributed by atoms with E-state index < -0.39 is 11.8 Å². The Morgan fingerprint density at radius 2 is 2.00 bits per heavy atom. The summed E-state index contributed by atoms with van der Waals surface area (Å²) >= 11 is 0. The molecule has 0 heterocycles. The molecule has 0 bridgehead atoms. The quantitative estimate of drug-likeness (QED) is 0.861. The van der Waals surface area contributed by atoms with Crippen molar-refractivity contribution in [3.8, 4) is 0 Å². The highest BCUT2D eigenvalue weighted by atomic mass is 19.1. The van der Waals surface area contributed by atoms with E-state index in [4.69, 9.17) is 4.74 Å². The van der Waals surface area contributed by atoms with Gasteiger partial charge in [-0.05, 0) is 31.0 Å².